The van der Waals surface area contributed by atoms with Crippen molar-refractivity contribution in [2.45, 2.75) is 51.4 Å². The third kappa shape index (κ3) is 8.47. The van der Waals surface area contributed by atoms with Crippen LogP contribution < -0.4 is 11.1 Å². The molecule has 1 aliphatic rings. The number of nitrogens with one attached hydrogen (secondary N) is 2. The monoisotopic (exact) mass is 478 g/mol. The van der Waals surface area contributed by atoms with Gasteiger partial charge in [0.25, 0.3) is 0 Å². The number of carbonyl (C=O) groups excluding carboxylic acids is 2. The summed E-state index contributed by atoms with van der Waals surface area (Å²) in [6.07, 6.45) is 13.1. The minimum Gasteiger partial charge on any atom is -0.370 e. The van der Waals surface area contributed by atoms with E-state index >= 15 is 0 Å². The van der Waals surface area contributed by atoms with Gasteiger partial charge in [0.1, 0.15) is 5.82 Å². The zero-order chi connectivity index (χ0) is 25.0. The second kappa shape index (κ2) is 13.6. The van der Waals surface area contributed by atoms with Crippen molar-refractivity contribution in [1.29, 1.82) is 0 Å². The molecule has 0 radical (unpaired) electrons. The van der Waals surface area contributed by atoms with Crippen molar-refractivity contribution in [3.63, 3.8) is 0 Å². The lowest BCUT2D eigenvalue weighted by Gasteiger charge is -2.27. The van der Waals surface area contributed by atoms with E-state index in [-0.39, 0.29) is 17.7 Å². The Hall–Kier alpha value is -3.26. The van der Waals surface area contributed by atoms with E-state index in [2.05, 4.69) is 50.4 Å². The highest BCUT2D eigenvalue weighted by Crippen LogP contribution is 2.23. The van der Waals surface area contributed by atoms with Crippen LogP contribution in [0.2, 0.25) is 0 Å². The van der Waals surface area contributed by atoms with E-state index in [0.717, 1.165) is 80.5 Å². The number of aryl methyl sites for hydroxylation is 1. The minimum absolute atomic E-state index is 0.207. The molecule has 3 aromatic rings. The largest absolute Gasteiger partial charge is 0.370 e. The van der Waals surface area contributed by atoms with Crippen LogP contribution in [0.25, 0.3) is 22.0 Å². The Labute approximate surface area is 207 Å². The van der Waals surface area contributed by atoms with Crippen molar-refractivity contribution in [2.24, 2.45) is 11.7 Å². The second-order valence-electron chi connectivity index (χ2n) is 9.25. The quantitative estimate of drug-likeness (QED) is 0.406. The topological polar surface area (TPSA) is 117 Å². The van der Waals surface area contributed by atoms with Gasteiger partial charge in [-0.3, -0.25) is 14.6 Å². The molecule has 8 nitrogen and oxygen atoms in total. The molecule has 0 saturated carbocycles. The lowest BCUT2D eigenvalue weighted by atomic mass is 9.96. The molecule has 2 aromatic heterocycles. The first-order chi connectivity index (χ1) is 17.0. The molecule has 1 saturated heterocycles. The number of nitrogens with zero attached hydrogens (tertiary/aromatic N) is 3. The lowest BCUT2D eigenvalue weighted by molar-refractivity contribution is -0.125. The zero-order valence-corrected chi connectivity index (χ0v) is 20.9. The van der Waals surface area contributed by atoms with E-state index in [1.54, 1.807) is 13.2 Å². The summed E-state index contributed by atoms with van der Waals surface area (Å²) in [5.74, 6) is 1.26. The Bertz CT molecular complexity index is 1090. The predicted octanol–water partition coefficient (Wildman–Crippen LogP) is 3.68. The number of piperidine rings is 1. The van der Waals surface area contributed by atoms with Crippen molar-refractivity contribution < 1.29 is 9.59 Å². The zero-order valence-electron chi connectivity index (χ0n) is 20.9. The van der Waals surface area contributed by atoms with Crippen molar-refractivity contribution >= 4 is 22.6 Å². The number of H-pyrrole nitrogens is 1. The van der Waals surface area contributed by atoms with E-state index < -0.39 is 0 Å². The van der Waals surface area contributed by atoms with Gasteiger partial charge in [-0.1, -0.05) is 25.0 Å². The third-order valence-electron chi connectivity index (χ3n) is 6.50. The fourth-order valence-corrected chi connectivity index (χ4v) is 4.31. The number of amides is 2. The lowest BCUT2D eigenvalue weighted by Crippen LogP contribution is -2.37. The molecule has 4 N–H and O–H groups in total. The number of aromatic nitrogens is 3. The highest BCUT2D eigenvalue weighted by Gasteiger charge is 2.21. The summed E-state index contributed by atoms with van der Waals surface area (Å²) in [4.78, 5) is 36.1. The maximum absolute atomic E-state index is 11.1. The van der Waals surface area contributed by atoms with E-state index in [1.807, 2.05) is 18.5 Å². The van der Waals surface area contributed by atoms with Gasteiger partial charge in [0, 0.05) is 49.2 Å². The number of unbranched alkanes of at least 4 members (excludes halogenated alkanes) is 3. The van der Waals surface area contributed by atoms with Crippen LogP contribution in [-0.4, -0.2) is 58.9 Å². The van der Waals surface area contributed by atoms with Crippen molar-refractivity contribution in [2.75, 3.05) is 27.2 Å². The van der Waals surface area contributed by atoms with Gasteiger partial charge in [0.05, 0.1) is 11.9 Å². The Kier molecular flexibility index (Phi) is 10.2. The molecule has 188 valence electrons. The highest BCUT2D eigenvalue weighted by molar-refractivity contribution is 5.85. The standard InChI is InChI=1S/C19H22N4O.C8H16N2O/c20-18(24)5-3-1-2-4-6-19-22-13-17(23-19)15-8-7-14-9-10-21-12-16(14)11-15;1-9-8(11)7-3-5-10(2)6-4-7/h7-13H,1-6H2,(H2,20,24)(H,22,23);7H,3-6H2,1-2H3,(H,9,11). The Balaban J connectivity index is 0.000000261. The van der Waals surface area contributed by atoms with Crippen LogP contribution in [0.5, 0.6) is 0 Å². The number of benzene rings is 1. The number of hydrogen-bond acceptors (Lipinski definition) is 5. The van der Waals surface area contributed by atoms with Crippen molar-refractivity contribution in [3.8, 4) is 11.3 Å². The summed E-state index contributed by atoms with van der Waals surface area (Å²) in [6.45, 7) is 2.11. The number of primary amides is 1. The molecular formula is C27H38N6O2. The Morgan fingerprint density at radius 3 is 2.60 bits per heavy atom. The number of pyridine rings is 1. The van der Waals surface area contributed by atoms with Gasteiger partial charge in [-0.25, -0.2) is 4.98 Å². The molecule has 1 aliphatic heterocycles. The Morgan fingerprint density at radius 1 is 1.09 bits per heavy atom. The molecule has 0 aliphatic carbocycles. The normalized spacial score (nSPS) is 14.3. The second-order valence-corrected chi connectivity index (χ2v) is 9.25. The summed E-state index contributed by atoms with van der Waals surface area (Å²) in [7, 11) is 3.81. The summed E-state index contributed by atoms with van der Waals surface area (Å²) < 4.78 is 0. The van der Waals surface area contributed by atoms with Crippen LogP contribution in [-0.2, 0) is 16.0 Å². The van der Waals surface area contributed by atoms with Crippen LogP contribution in [0, 0.1) is 5.92 Å². The first-order valence-electron chi connectivity index (χ1n) is 12.5. The van der Waals surface area contributed by atoms with Gasteiger partial charge in [-0.15, -0.1) is 0 Å². The molecule has 0 bridgehead atoms. The summed E-state index contributed by atoms with van der Waals surface area (Å²) >= 11 is 0. The number of nitrogens with two attached hydrogens (primary N) is 1. The molecular weight excluding hydrogens is 440 g/mol. The fraction of sp³-hybridized carbons (Fsp3) is 0.481. The molecule has 0 atom stereocenters. The predicted molar refractivity (Wildman–Crippen MR) is 140 cm³/mol. The SMILES string of the molecule is CNC(=O)C1CCN(C)CC1.NC(=O)CCCCCCc1ncc(-c2ccc3ccncc3c2)[nH]1. The van der Waals surface area contributed by atoms with Crippen LogP contribution in [0.4, 0.5) is 0 Å². The molecule has 2 amide bonds. The number of imidazole rings is 1. The van der Waals surface area contributed by atoms with Gasteiger partial charge in [-0.05, 0) is 63.3 Å². The van der Waals surface area contributed by atoms with Crippen LogP contribution in [0.15, 0.2) is 42.9 Å². The summed E-state index contributed by atoms with van der Waals surface area (Å²) in [6, 6.07) is 8.34. The molecule has 1 aromatic carbocycles. The maximum Gasteiger partial charge on any atom is 0.222 e. The maximum atomic E-state index is 11.1. The molecule has 4 rings (SSSR count). The molecule has 0 spiro atoms. The van der Waals surface area contributed by atoms with E-state index in [0.29, 0.717) is 6.42 Å². The number of rotatable bonds is 9. The van der Waals surface area contributed by atoms with E-state index in [4.69, 9.17) is 5.73 Å². The number of fused-ring (bicyclic) bond motifs is 1. The summed E-state index contributed by atoms with van der Waals surface area (Å²) in [5.41, 5.74) is 7.29. The fourth-order valence-electron chi connectivity index (χ4n) is 4.31. The van der Waals surface area contributed by atoms with Crippen LogP contribution in [0.3, 0.4) is 0 Å². The summed E-state index contributed by atoms with van der Waals surface area (Å²) in [5, 5.41) is 5.00. The Morgan fingerprint density at radius 2 is 1.86 bits per heavy atom. The number of hydrogen-bond donors (Lipinski definition) is 3. The smallest absolute Gasteiger partial charge is 0.222 e. The van der Waals surface area contributed by atoms with Crippen LogP contribution in [0.1, 0.15) is 50.8 Å². The average Bonchev–Trinajstić information content (AvgIpc) is 3.35. The van der Waals surface area contributed by atoms with E-state index in [1.165, 1.54) is 5.39 Å². The molecule has 0 unspecified atom stereocenters. The number of carbonyl (C=O) groups is 2. The average molecular weight is 479 g/mol. The first kappa shape index (κ1) is 26.3. The number of aromatic amines is 1. The first-order valence-corrected chi connectivity index (χ1v) is 12.5. The van der Waals surface area contributed by atoms with E-state index in [9.17, 15) is 9.59 Å². The third-order valence-corrected chi connectivity index (χ3v) is 6.50. The molecule has 35 heavy (non-hydrogen) atoms. The molecule has 3 heterocycles. The van der Waals surface area contributed by atoms with Gasteiger partial charge in [0.2, 0.25) is 11.8 Å². The number of likely N-dealkylation sites (tertiary alicyclic amines) is 1. The van der Waals surface area contributed by atoms with Gasteiger partial charge in [-0.2, -0.15) is 0 Å². The van der Waals surface area contributed by atoms with Crippen LogP contribution >= 0.6 is 0 Å². The van der Waals surface area contributed by atoms with Gasteiger partial charge in [0.15, 0.2) is 0 Å². The minimum atomic E-state index is -0.212. The van der Waals surface area contributed by atoms with Crippen molar-refractivity contribution in [1.82, 2.24) is 25.2 Å². The highest BCUT2D eigenvalue weighted by atomic mass is 16.2. The van der Waals surface area contributed by atoms with Gasteiger partial charge < -0.3 is 20.9 Å². The van der Waals surface area contributed by atoms with Gasteiger partial charge >= 0.3 is 0 Å². The molecule has 8 heteroatoms. The molecule has 1 fully saturated rings. The van der Waals surface area contributed by atoms with Crippen molar-refractivity contribution in [3.05, 3.63) is 48.7 Å².